The number of amides is 1. The largest absolute Gasteiger partial charge is 0.334 e. The van der Waals surface area contributed by atoms with E-state index in [4.69, 9.17) is 0 Å². The third-order valence-corrected chi connectivity index (χ3v) is 6.74. The Morgan fingerprint density at radius 1 is 0.710 bits per heavy atom. The lowest BCUT2D eigenvalue weighted by Crippen LogP contribution is -2.42. The molecule has 2 aliphatic heterocycles. The van der Waals surface area contributed by atoms with Gasteiger partial charge < -0.3 is 9.80 Å². The highest BCUT2D eigenvalue weighted by Gasteiger charge is 2.31. The fourth-order valence-corrected chi connectivity index (χ4v) is 5.04. The van der Waals surface area contributed by atoms with Gasteiger partial charge in [-0.3, -0.25) is 4.79 Å². The second-order valence-corrected chi connectivity index (χ2v) is 8.83. The minimum absolute atomic E-state index is 0.186. The molecule has 1 atom stereocenters. The van der Waals surface area contributed by atoms with Gasteiger partial charge in [-0.1, -0.05) is 60.7 Å². The molecule has 0 N–H and O–H groups in total. The highest BCUT2D eigenvalue weighted by atomic mass is 16.2. The van der Waals surface area contributed by atoms with Gasteiger partial charge in [0.25, 0.3) is 5.91 Å². The molecule has 0 aliphatic carbocycles. The van der Waals surface area contributed by atoms with Crippen molar-refractivity contribution in [2.75, 3.05) is 26.2 Å². The van der Waals surface area contributed by atoms with Crippen LogP contribution in [0.1, 0.15) is 36.0 Å². The topological polar surface area (TPSA) is 23.6 Å². The summed E-state index contributed by atoms with van der Waals surface area (Å²) in [7, 11) is 0. The van der Waals surface area contributed by atoms with Crippen molar-refractivity contribution in [3.05, 3.63) is 84.4 Å². The summed E-state index contributed by atoms with van der Waals surface area (Å²) in [5.41, 5.74) is 5.54. The molecule has 3 nitrogen and oxygen atoms in total. The lowest BCUT2D eigenvalue weighted by atomic mass is 9.98. The molecule has 0 saturated carbocycles. The Hall–Kier alpha value is -2.91. The van der Waals surface area contributed by atoms with Crippen LogP contribution in [0.4, 0.5) is 0 Å². The summed E-state index contributed by atoms with van der Waals surface area (Å²) in [6.45, 7) is 4.30. The summed E-state index contributed by atoms with van der Waals surface area (Å²) in [6, 6.07) is 27.6. The van der Waals surface area contributed by atoms with Gasteiger partial charge in [-0.2, -0.15) is 0 Å². The van der Waals surface area contributed by atoms with E-state index in [1.807, 2.05) is 18.2 Å². The van der Waals surface area contributed by atoms with E-state index >= 15 is 0 Å². The molecule has 0 bridgehead atoms. The molecule has 31 heavy (non-hydrogen) atoms. The van der Waals surface area contributed by atoms with Gasteiger partial charge in [-0.05, 0) is 79.2 Å². The molecule has 2 aliphatic rings. The number of hydrogen-bond acceptors (Lipinski definition) is 2. The predicted octanol–water partition coefficient (Wildman–Crippen LogP) is 5.72. The molecular weight excluding hydrogens is 380 g/mol. The van der Waals surface area contributed by atoms with Gasteiger partial charge in [-0.25, -0.2) is 0 Å². The normalized spacial score (nSPS) is 19.1. The number of benzene rings is 3. The third kappa shape index (κ3) is 4.42. The average molecular weight is 411 g/mol. The molecule has 2 saturated heterocycles. The first-order valence-corrected chi connectivity index (χ1v) is 11.6. The van der Waals surface area contributed by atoms with Crippen molar-refractivity contribution >= 4 is 5.91 Å². The molecule has 3 aromatic carbocycles. The maximum Gasteiger partial charge on any atom is 0.254 e. The zero-order chi connectivity index (χ0) is 21.0. The molecule has 0 spiro atoms. The van der Waals surface area contributed by atoms with Crippen LogP contribution in [0.3, 0.4) is 0 Å². The van der Waals surface area contributed by atoms with Crippen molar-refractivity contribution in [3.63, 3.8) is 0 Å². The Labute approximate surface area is 185 Å². The number of likely N-dealkylation sites (tertiary alicyclic amines) is 2. The Balaban J connectivity index is 1.31. The molecule has 2 fully saturated rings. The van der Waals surface area contributed by atoms with Crippen molar-refractivity contribution in [2.45, 2.75) is 31.7 Å². The van der Waals surface area contributed by atoms with Crippen LogP contribution in [0, 0.1) is 0 Å². The standard InChI is InChI=1S/C28H30N2O/c31-28(30-19-7-12-27(30)21-29-17-4-5-18-29)24-15-13-23(14-16-24)26-11-6-10-25(20-26)22-8-2-1-3-9-22/h1-3,6,8-11,13-16,20,27H,4-5,7,12,17-19,21H2. The van der Waals surface area contributed by atoms with Crippen LogP contribution < -0.4 is 0 Å². The molecule has 1 unspecified atom stereocenters. The van der Waals surface area contributed by atoms with E-state index in [9.17, 15) is 4.79 Å². The van der Waals surface area contributed by atoms with Crippen LogP contribution in [-0.2, 0) is 0 Å². The molecule has 3 aromatic rings. The second kappa shape index (κ2) is 9.07. The van der Waals surface area contributed by atoms with E-state index in [0.717, 1.165) is 37.1 Å². The monoisotopic (exact) mass is 410 g/mol. The predicted molar refractivity (Wildman–Crippen MR) is 127 cm³/mol. The Morgan fingerprint density at radius 3 is 2.06 bits per heavy atom. The summed E-state index contributed by atoms with van der Waals surface area (Å²) in [5.74, 6) is 0.186. The van der Waals surface area contributed by atoms with E-state index in [0.29, 0.717) is 6.04 Å². The minimum Gasteiger partial charge on any atom is -0.334 e. The number of nitrogens with zero attached hydrogens (tertiary/aromatic N) is 2. The summed E-state index contributed by atoms with van der Waals surface area (Å²) < 4.78 is 0. The number of hydrogen-bond donors (Lipinski definition) is 0. The van der Waals surface area contributed by atoms with Gasteiger partial charge in [-0.15, -0.1) is 0 Å². The lowest BCUT2D eigenvalue weighted by molar-refractivity contribution is 0.0709. The maximum absolute atomic E-state index is 13.2. The summed E-state index contributed by atoms with van der Waals surface area (Å²) in [5, 5.41) is 0. The zero-order valence-electron chi connectivity index (χ0n) is 18.0. The van der Waals surface area contributed by atoms with Gasteiger partial charge in [0.05, 0.1) is 0 Å². The Bertz CT molecular complexity index is 1020. The third-order valence-electron chi connectivity index (χ3n) is 6.74. The van der Waals surface area contributed by atoms with Crippen molar-refractivity contribution in [3.8, 4) is 22.3 Å². The fourth-order valence-electron chi connectivity index (χ4n) is 5.04. The number of carbonyl (C=O) groups excluding carboxylic acids is 1. The molecule has 158 valence electrons. The average Bonchev–Trinajstić information content (AvgIpc) is 3.52. The first-order valence-electron chi connectivity index (χ1n) is 11.6. The Morgan fingerprint density at radius 2 is 1.35 bits per heavy atom. The van der Waals surface area contributed by atoms with Crippen LogP contribution in [-0.4, -0.2) is 47.9 Å². The van der Waals surface area contributed by atoms with Crippen LogP contribution in [0.2, 0.25) is 0 Å². The van der Waals surface area contributed by atoms with Gasteiger partial charge >= 0.3 is 0 Å². The van der Waals surface area contributed by atoms with Gasteiger partial charge in [0.2, 0.25) is 0 Å². The van der Waals surface area contributed by atoms with Crippen molar-refractivity contribution in [1.82, 2.24) is 9.80 Å². The summed E-state index contributed by atoms with van der Waals surface area (Å²) in [4.78, 5) is 17.9. The SMILES string of the molecule is O=C(c1ccc(-c2cccc(-c3ccccc3)c2)cc1)N1CCCC1CN1CCCC1. The van der Waals surface area contributed by atoms with Gasteiger partial charge in [0.15, 0.2) is 0 Å². The molecular formula is C28H30N2O. The van der Waals surface area contributed by atoms with Crippen LogP contribution in [0.5, 0.6) is 0 Å². The van der Waals surface area contributed by atoms with Crippen molar-refractivity contribution < 1.29 is 4.79 Å². The smallest absolute Gasteiger partial charge is 0.254 e. The summed E-state index contributed by atoms with van der Waals surface area (Å²) in [6.07, 6.45) is 4.85. The van der Waals surface area contributed by atoms with E-state index < -0.39 is 0 Å². The van der Waals surface area contributed by atoms with E-state index in [1.54, 1.807) is 0 Å². The highest BCUT2D eigenvalue weighted by molar-refractivity contribution is 5.95. The molecule has 0 radical (unpaired) electrons. The van der Waals surface area contributed by atoms with Crippen molar-refractivity contribution in [1.29, 1.82) is 0 Å². The molecule has 5 rings (SSSR count). The number of rotatable bonds is 5. The van der Waals surface area contributed by atoms with Crippen LogP contribution in [0.15, 0.2) is 78.9 Å². The zero-order valence-corrected chi connectivity index (χ0v) is 18.0. The first-order chi connectivity index (χ1) is 15.3. The lowest BCUT2D eigenvalue weighted by Gasteiger charge is -2.28. The molecule has 1 amide bonds. The quantitative estimate of drug-likeness (QED) is 0.537. The van der Waals surface area contributed by atoms with Crippen LogP contribution in [0.25, 0.3) is 22.3 Å². The van der Waals surface area contributed by atoms with Crippen LogP contribution >= 0.6 is 0 Å². The molecule has 2 heterocycles. The van der Waals surface area contributed by atoms with Gasteiger partial charge in [0.1, 0.15) is 0 Å². The van der Waals surface area contributed by atoms with Gasteiger partial charge in [0, 0.05) is 24.7 Å². The molecule has 0 aromatic heterocycles. The van der Waals surface area contributed by atoms with Crippen molar-refractivity contribution in [2.24, 2.45) is 0 Å². The highest BCUT2D eigenvalue weighted by Crippen LogP contribution is 2.28. The first kappa shape index (κ1) is 20.0. The molecule has 3 heteroatoms. The second-order valence-electron chi connectivity index (χ2n) is 8.83. The van der Waals surface area contributed by atoms with E-state index in [-0.39, 0.29) is 5.91 Å². The fraction of sp³-hybridized carbons (Fsp3) is 0.321. The number of carbonyl (C=O) groups is 1. The van der Waals surface area contributed by atoms with E-state index in [2.05, 4.69) is 70.5 Å². The summed E-state index contributed by atoms with van der Waals surface area (Å²) >= 11 is 0. The van der Waals surface area contributed by atoms with E-state index in [1.165, 1.54) is 42.6 Å². The minimum atomic E-state index is 0.186. The Kier molecular flexibility index (Phi) is 5.86. The maximum atomic E-state index is 13.2.